The van der Waals surface area contributed by atoms with Crippen LogP contribution in [0.1, 0.15) is 16.3 Å². The molecule has 1 aromatic carbocycles. The summed E-state index contributed by atoms with van der Waals surface area (Å²) in [6, 6.07) is 7.14. The van der Waals surface area contributed by atoms with Crippen LogP contribution in [-0.4, -0.2) is 25.7 Å². The van der Waals surface area contributed by atoms with Gasteiger partial charge in [0.25, 0.3) is 0 Å². The maximum absolute atomic E-state index is 12.4. The molecule has 2 heterocycles. The van der Waals surface area contributed by atoms with E-state index in [1.807, 2.05) is 6.07 Å². The van der Waals surface area contributed by atoms with E-state index >= 15 is 0 Å². The Hall–Kier alpha value is -2.63. The Morgan fingerprint density at radius 2 is 2.26 bits per heavy atom. The fourth-order valence-electron chi connectivity index (χ4n) is 2.15. The van der Waals surface area contributed by atoms with Gasteiger partial charge in [0.05, 0.1) is 17.5 Å². The standard InChI is InChI=1S/C13H13N5O/c1-8-16-11-3-2-9(14)6-12(11)18(8)13(19)7-10-4-5-15-17-10/h2-6H,7,14H2,1H3,(H,15,17). The van der Waals surface area contributed by atoms with Gasteiger partial charge in [-0.3, -0.25) is 14.5 Å². The molecular weight excluding hydrogens is 242 g/mol. The minimum atomic E-state index is -0.0603. The number of aromatic nitrogens is 4. The molecule has 3 N–H and O–H groups in total. The Kier molecular flexibility index (Phi) is 2.56. The van der Waals surface area contributed by atoms with Crippen molar-refractivity contribution in [1.29, 1.82) is 0 Å². The van der Waals surface area contributed by atoms with E-state index in [0.29, 0.717) is 11.5 Å². The van der Waals surface area contributed by atoms with Crippen molar-refractivity contribution in [1.82, 2.24) is 19.7 Å². The van der Waals surface area contributed by atoms with Crippen LogP contribution in [0, 0.1) is 6.92 Å². The van der Waals surface area contributed by atoms with Crippen molar-refractivity contribution in [2.75, 3.05) is 5.73 Å². The van der Waals surface area contributed by atoms with Crippen molar-refractivity contribution in [3.8, 4) is 0 Å². The number of carbonyl (C=O) groups is 1. The second kappa shape index (κ2) is 4.24. The zero-order valence-corrected chi connectivity index (χ0v) is 10.4. The lowest BCUT2D eigenvalue weighted by Crippen LogP contribution is -2.15. The summed E-state index contributed by atoms with van der Waals surface area (Å²) in [4.78, 5) is 16.7. The average Bonchev–Trinajstić information content (AvgIpc) is 2.95. The molecule has 0 unspecified atom stereocenters. The Morgan fingerprint density at radius 1 is 1.42 bits per heavy atom. The number of carbonyl (C=O) groups excluding carboxylic acids is 1. The van der Waals surface area contributed by atoms with Gasteiger partial charge in [-0.05, 0) is 31.2 Å². The van der Waals surface area contributed by atoms with Gasteiger partial charge >= 0.3 is 0 Å². The quantitative estimate of drug-likeness (QED) is 0.679. The van der Waals surface area contributed by atoms with Crippen LogP contribution in [0.15, 0.2) is 30.5 Å². The van der Waals surface area contributed by atoms with Crippen molar-refractivity contribution in [2.45, 2.75) is 13.3 Å². The van der Waals surface area contributed by atoms with Crippen LogP contribution in [0.5, 0.6) is 0 Å². The highest BCUT2D eigenvalue weighted by Crippen LogP contribution is 2.19. The SMILES string of the molecule is Cc1nc2ccc(N)cc2n1C(=O)Cc1ccn[nH]1. The zero-order chi connectivity index (χ0) is 13.4. The number of H-pyrrole nitrogens is 1. The number of nitrogen functional groups attached to an aromatic ring is 1. The number of hydrogen-bond acceptors (Lipinski definition) is 4. The van der Waals surface area contributed by atoms with Crippen LogP contribution >= 0.6 is 0 Å². The number of rotatable bonds is 2. The molecule has 0 bridgehead atoms. The first-order chi connectivity index (χ1) is 9.15. The first-order valence-corrected chi connectivity index (χ1v) is 5.91. The Morgan fingerprint density at radius 3 is 3.00 bits per heavy atom. The maximum Gasteiger partial charge on any atom is 0.238 e. The van der Waals surface area contributed by atoms with Crippen LogP contribution in [-0.2, 0) is 6.42 Å². The molecule has 0 aliphatic rings. The molecule has 0 radical (unpaired) electrons. The summed E-state index contributed by atoms with van der Waals surface area (Å²) in [7, 11) is 0. The molecule has 6 nitrogen and oxygen atoms in total. The number of imidazole rings is 1. The number of aromatic amines is 1. The lowest BCUT2D eigenvalue weighted by Gasteiger charge is -2.04. The maximum atomic E-state index is 12.4. The molecule has 0 amide bonds. The topological polar surface area (TPSA) is 89.6 Å². The number of anilines is 1. The van der Waals surface area contributed by atoms with Gasteiger partial charge in [0, 0.05) is 17.6 Å². The second-order valence-corrected chi connectivity index (χ2v) is 4.39. The molecule has 0 atom stereocenters. The number of nitrogens with two attached hydrogens (primary N) is 1. The van der Waals surface area contributed by atoms with Gasteiger partial charge < -0.3 is 5.73 Å². The summed E-state index contributed by atoms with van der Waals surface area (Å²) in [6.45, 7) is 1.81. The number of hydrogen-bond donors (Lipinski definition) is 2. The molecule has 0 aliphatic heterocycles. The normalized spacial score (nSPS) is 11.0. The molecule has 6 heteroatoms. The van der Waals surface area contributed by atoms with Gasteiger partial charge in [-0.15, -0.1) is 0 Å². The lowest BCUT2D eigenvalue weighted by atomic mass is 10.2. The van der Waals surface area contributed by atoms with E-state index in [1.165, 1.54) is 0 Å². The van der Waals surface area contributed by atoms with Crippen LogP contribution in [0.2, 0.25) is 0 Å². The van der Waals surface area contributed by atoms with E-state index in [0.717, 1.165) is 16.7 Å². The van der Waals surface area contributed by atoms with E-state index in [1.54, 1.807) is 35.9 Å². The molecule has 0 aliphatic carbocycles. The highest BCUT2D eigenvalue weighted by atomic mass is 16.2. The minimum Gasteiger partial charge on any atom is -0.399 e. The lowest BCUT2D eigenvalue weighted by molar-refractivity contribution is 0.0915. The number of nitrogens with zero attached hydrogens (tertiary/aromatic N) is 3. The molecule has 3 aromatic rings. The smallest absolute Gasteiger partial charge is 0.238 e. The van der Waals surface area contributed by atoms with Crippen LogP contribution in [0.3, 0.4) is 0 Å². The average molecular weight is 255 g/mol. The second-order valence-electron chi connectivity index (χ2n) is 4.39. The third-order valence-corrected chi connectivity index (χ3v) is 3.00. The molecule has 96 valence electrons. The third kappa shape index (κ3) is 1.97. The first kappa shape index (κ1) is 11.5. The predicted molar refractivity (Wildman–Crippen MR) is 71.8 cm³/mol. The van der Waals surface area contributed by atoms with E-state index in [-0.39, 0.29) is 12.3 Å². The van der Waals surface area contributed by atoms with Crippen LogP contribution in [0.25, 0.3) is 11.0 Å². The Balaban J connectivity index is 2.06. The molecule has 0 fully saturated rings. The molecule has 2 aromatic heterocycles. The summed E-state index contributed by atoms with van der Waals surface area (Å²) in [5.41, 5.74) is 8.66. The molecule has 19 heavy (non-hydrogen) atoms. The summed E-state index contributed by atoms with van der Waals surface area (Å²) >= 11 is 0. The van der Waals surface area contributed by atoms with Crippen LogP contribution in [0.4, 0.5) is 5.69 Å². The Bertz CT molecular complexity index is 742. The molecule has 0 saturated carbocycles. The van der Waals surface area contributed by atoms with E-state index in [9.17, 15) is 4.79 Å². The van der Waals surface area contributed by atoms with Crippen molar-refractivity contribution in [3.05, 3.63) is 42.0 Å². The highest BCUT2D eigenvalue weighted by Gasteiger charge is 2.15. The monoisotopic (exact) mass is 255 g/mol. The fraction of sp³-hybridized carbons (Fsp3) is 0.154. The molecule has 0 spiro atoms. The zero-order valence-electron chi connectivity index (χ0n) is 10.4. The molecule has 0 saturated heterocycles. The summed E-state index contributed by atoms with van der Waals surface area (Å²) in [5, 5.41) is 6.61. The van der Waals surface area contributed by atoms with Crippen molar-refractivity contribution in [2.24, 2.45) is 0 Å². The Labute approximate surface area is 109 Å². The van der Waals surface area contributed by atoms with Crippen molar-refractivity contribution >= 4 is 22.6 Å². The van der Waals surface area contributed by atoms with Gasteiger partial charge in [0.15, 0.2) is 0 Å². The molecule has 3 rings (SSSR count). The van der Waals surface area contributed by atoms with Gasteiger partial charge in [-0.2, -0.15) is 5.10 Å². The number of aryl methyl sites for hydroxylation is 1. The number of fused-ring (bicyclic) bond motifs is 1. The predicted octanol–water partition coefficient (Wildman–Crippen LogP) is 1.53. The molecular formula is C13H13N5O. The fourth-order valence-corrected chi connectivity index (χ4v) is 2.15. The van der Waals surface area contributed by atoms with E-state index < -0.39 is 0 Å². The highest BCUT2D eigenvalue weighted by molar-refractivity contribution is 5.93. The first-order valence-electron chi connectivity index (χ1n) is 5.91. The van der Waals surface area contributed by atoms with E-state index in [4.69, 9.17) is 5.73 Å². The minimum absolute atomic E-state index is 0.0603. The third-order valence-electron chi connectivity index (χ3n) is 3.00. The summed E-state index contributed by atoms with van der Waals surface area (Å²) in [5.74, 6) is 0.597. The van der Waals surface area contributed by atoms with Gasteiger partial charge in [0.1, 0.15) is 5.82 Å². The van der Waals surface area contributed by atoms with Crippen molar-refractivity contribution in [3.63, 3.8) is 0 Å². The summed E-state index contributed by atoms with van der Waals surface area (Å²) < 4.78 is 1.59. The van der Waals surface area contributed by atoms with Crippen molar-refractivity contribution < 1.29 is 4.79 Å². The van der Waals surface area contributed by atoms with Gasteiger partial charge in [-0.25, -0.2) is 4.98 Å². The summed E-state index contributed by atoms with van der Waals surface area (Å²) in [6.07, 6.45) is 1.88. The van der Waals surface area contributed by atoms with Gasteiger partial charge in [-0.1, -0.05) is 0 Å². The van der Waals surface area contributed by atoms with Gasteiger partial charge in [0.2, 0.25) is 5.91 Å². The van der Waals surface area contributed by atoms with E-state index in [2.05, 4.69) is 15.2 Å². The number of nitrogens with one attached hydrogen (secondary N) is 1. The van der Waals surface area contributed by atoms with Crippen LogP contribution < -0.4 is 5.73 Å². The largest absolute Gasteiger partial charge is 0.399 e. The number of benzene rings is 1.